The van der Waals surface area contributed by atoms with E-state index >= 15 is 0 Å². The molecule has 0 saturated heterocycles. The van der Waals surface area contributed by atoms with Crippen molar-refractivity contribution >= 4 is 18.0 Å². The van der Waals surface area contributed by atoms with E-state index in [0.717, 1.165) is 11.3 Å². The molecule has 1 aromatic carbocycles. The summed E-state index contributed by atoms with van der Waals surface area (Å²) in [4.78, 5) is 4.30. The van der Waals surface area contributed by atoms with Crippen molar-refractivity contribution in [2.24, 2.45) is 4.99 Å². The summed E-state index contributed by atoms with van der Waals surface area (Å²) in [7, 11) is 0. The highest BCUT2D eigenvalue weighted by Gasteiger charge is 2.14. The Bertz CT molecular complexity index is 420. The van der Waals surface area contributed by atoms with E-state index in [4.69, 9.17) is 0 Å². The van der Waals surface area contributed by atoms with Crippen LogP contribution in [0.1, 0.15) is 31.9 Å². The maximum atomic E-state index is 4.30. The monoisotopic (exact) mass is 213 g/mol. The van der Waals surface area contributed by atoms with Crippen LogP contribution in [0.3, 0.4) is 0 Å². The fourth-order valence-electron chi connectivity index (χ4n) is 1.44. The van der Waals surface area contributed by atoms with Crippen LogP contribution in [0, 0.1) is 0 Å². The van der Waals surface area contributed by atoms with E-state index in [-0.39, 0.29) is 5.41 Å². The highest BCUT2D eigenvalue weighted by atomic mass is 14.7. The summed E-state index contributed by atoms with van der Waals surface area (Å²) in [5.41, 5.74) is 3.44. The van der Waals surface area contributed by atoms with Crippen molar-refractivity contribution in [1.82, 2.24) is 0 Å². The van der Waals surface area contributed by atoms with Crippen LogP contribution in [0.4, 0.5) is 5.69 Å². The lowest BCUT2D eigenvalue weighted by Crippen LogP contribution is -2.10. The lowest BCUT2D eigenvalue weighted by Gasteiger charge is -2.20. The average molecular weight is 213 g/mol. The fourth-order valence-corrected chi connectivity index (χ4v) is 1.44. The first-order chi connectivity index (χ1) is 7.49. The average Bonchev–Trinajstić information content (AvgIpc) is 2.24. The molecule has 0 amide bonds. The lowest BCUT2D eigenvalue weighted by molar-refractivity contribution is 0.590. The Kier molecular flexibility index (Phi) is 3.83. The molecule has 1 rings (SSSR count). The Balaban J connectivity index is 3.21. The molecule has 16 heavy (non-hydrogen) atoms. The molecule has 1 aromatic rings. The molecule has 0 aliphatic rings. The van der Waals surface area contributed by atoms with Gasteiger partial charge in [0.1, 0.15) is 0 Å². The summed E-state index contributed by atoms with van der Waals surface area (Å²) < 4.78 is 0. The van der Waals surface area contributed by atoms with Crippen molar-refractivity contribution in [1.29, 1.82) is 0 Å². The number of nitrogens with zero attached hydrogens (tertiary/aromatic N) is 1. The summed E-state index contributed by atoms with van der Waals surface area (Å²) in [5.74, 6) is 0. The van der Waals surface area contributed by atoms with Gasteiger partial charge in [0, 0.05) is 6.21 Å². The van der Waals surface area contributed by atoms with Crippen LogP contribution in [0.25, 0.3) is 6.08 Å². The number of allylic oxidation sites excluding steroid dienone is 1. The van der Waals surface area contributed by atoms with Gasteiger partial charge in [0.15, 0.2) is 0 Å². The first-order valence-corrected chi connectivity index (χ1v) is 5.41. The quantitative estimate of drug-likeness (QED) is 0.655. The van der Waals surface area contributed by atoms with Crippen LogP contribution >= 0.6 is 0 Å². The molecule has 0 aliphatic carbocycles. The molecule has 84 valence electrons. The van der Waals surface area contributed by atoms with Crippen LogP contribution in [0.15, 0.2) is 42.4 Å². The van der Waals surface area contributed by atoms with E-state index in [2.05, 4.69) is 51.1 Å². The molecule has 1 heteroatoms. The minimum Gasteiger partial charge on any atom is -0.256 e. The Morgan fingerprint density at radius 3 is 2.38 bits per heavy atom. The normalized spacial score (nSPS) is 11.7. The van der Waals surface area contributed by atoms with E-state index in [1.807, 2.05) is 12.1 Å². The first-order valence-electron chi connectivity index (χ1n) is 5.41. The van der Waals surface area contributed by atoms with Gasteiger partial charge in [-0.1, -0.05) is 52.1 Å². The van der Waals surface area contributed by atoms with E-state index in [0.29, 0.717) is 0 Å². The maximum absolute atomic E-state index is 4.30. The van der Waals surface area contributed by atoms with E-state index < -0.39 is 0 Å². The highest BCUT2D eigenvalue weighted by Crippen LogP contribution is 2.28. The van der Waals surface area contributed by atoms with Crippen LogP contribution in [-0.2, 0) is 5.41 Å². The van der Waals surface area contributed by atoms with Crippen molar-refractivity contribution in [2.75, 3.05) is 0 Å². The largest absolute Gasteiger partial charge is 0.256 e. The van der Waals surface area contributed by atoms with Gasteiger partial charge >= 0.3 is 0 Å². The molecule has 0 fully saturated rings. The summed E-state index contributed by atoms with van der Waals surface area (Å²) in [6.45, 7) is 14.0. The predicted octanol–water partition coefficient (Wildman–Crippen LogP) is 4.52. The van der Waals surface area contributed by atoms with Crippen LogP contribution in [0.2, 0.25) is 0 Å². The van der Waals surface area contributed by atoms with Gasteiger partial charge < -0.3 is 0 Å². The summed E-state index contributed by atoms with van der Waals surface area (Å²) in [5, 5.41) is 0. The summed E-state index contributed by atoms with van der Waals surface area (Å²) in [6, 6.07) is 6.28. The van der Waals surface area contributed by atoms with Gasteiger partial charge in [0.25, 0.3) is 0 Å². The number of hydrogen-bond acceptors (Lipinski definition) is 1. The first kappa shape index (κ1) is 12.4. The predicted molar refractivity (Wildman–Crippen MR) is 73.6 cm³/mol. The van der Waals surface area contributed by atoms with Crippen LogP contribution in [0.5, 0.6) is 0 Å². The highest BCUT2D eigenvalue weighted by molar-refractivity contribution is 5.76. The Labute approximate surface area is 98.2 Å². The maximum Gasteiger partial charge on any atom is 0.0701 e. The third kappa shape index (κ3) is 2.93. The van der Waals surface area contributed by atoms with Gasteiger partial charge in [-0.25, -0.2) is 0 Å². The van der Waals surface area contributed by atoms with Gasteiger partial charge in [-0.05, 0) is 28.7 Å². The zero-order valence-corrected chi connectivity index (χ0v) is 10.3. The summed E-state index contributed by atoms with van der Waals surface area (Å²) in [6.07, 6.45) is 5.20. The molecule has 1 nitrogen and oxygen atoms in total. The standard InChI is InChI=1S/C15H19N/c1-6-10-16-14-9-8-13(15(3,4)5)11-12(14)7-2/h6-11H,1-2H2,3-5H3/b16-10-. The molecule has 0 aromatic heterocycles. The lowest BCUT2D eigenvalue weighted by atomic mass is 9.86. The van der Waals surface area contributed by atoms with Crippen LogP contribution < -0.4 is 0 Å². The Morgan fingerprint density at radius 2 is 1.88 bits per heavy atom. The van der Waals surface area contributed by atoms with E-state index in [9.17, 15) is 0 Å². The van der Waals surface area contributed by atoms with Crippen molar-refractivity contribution < 1.29 is 0 Å². The Morgan fingerprint density at radius 1 is 1.19 bits per heavy atom. The number of hydrogen-bond donors (Lipinski definition) is 0. The molecular weight excluding hydrogens is 194 g/mol. The third-order valence-electron chi connectivity index (χ3n) is 2.43. The number of rotatable bonds is 3. The smallest absolute Gasteiger partial charge is 0.0701 e. The van der Waals surface area contributed by atoms with Gasteiger partial charge in [-0.2, -0.15) is 0 Å². The van der Waals surface area contributed by atoms with Gasteiger partial charge in [-0.15, -0.1) is 0 Å². The van der Waals surface area contributed by atoms with Crippen LogP contribution in [-0.4, -0.2) is 6.21 Å². The van der Waals surface area contributed by atoms with Gasteiger partial charge in [0.2, 0.25) is 0 Å². The molecule has 0 saturated carbocycles. The fraction of sp³-hybridized carbons (Fsp3) is 0.267. The van der Waals surface area contributed by atoms with Crippen molar-refractivity contribution in [3.8, 4) is 0 Å². The van der Waals surface area contributed by atoms with Gasteiger partial charge in [-0.3, -0.25) is 4.99 Å². The van der Waals surface area contributed by atoms with E-state index in [1.54, 1.807) is 12.3 Å². The second-order valence-electron chi connectivity index (χ2n) is 4.74. The van der Waals surface area contributed by atoms with Crippen molar-refractivity contribution in [3.05, 3.63) is 48.6 Å². The minimum absolute atomic E-state index is 0.151. The molecule has 0 atom stereocenters. The molecule has 0 unspecified atom stereocenters. The summed E-state index contributed by atoms with van der Waals surface area (Å²) >= 11 is 0. The molecule has 0 radical (unpaired) electrons. The third-order valence-corrected chi connectivity index (χ3v) is 2.43. The second kappa shape index (κ2) is 4.93. The molecule has 0 heterocycles. The Hall–Kier alpha value is -1.63. The number of benzene rings is 1. The molecule has 0 N–H and O–H groups in total. The second-order valence-corrected chi connectivity index (χ2v) is 4.74. The molecule has 0 aliphatic heterocycles. The van der Waals surface area contributed by atoms with Crippen molar-refractivity contribution in [2.45, 2.75) is 26.2 Å². The molecular formula is C15H19N. The SMILES string of the molecule is C=C/C=N\c1ccc(C(C)(C)C)cc1C=C. The zero-order chi connectivity index (χ0) is 12.2. The minimum atomic E-state index is 0.151. The number of aliphatic imine (C=N–C) groups is 1. The zero-order valence-electron chi connectivity index (χ0n) is 10.3. The van der Waals surface area contributed by atoms with E-state index in [1.165, 1.54) is 5.56 Å². The topological polar surface area (TPSA) is 12.4 Å². The van der Waals surface area contributed by atoms with Gasteiger partial charge in [0.05, 0.1) is 5.69 Å². The molecule has 0 spiro atoms. The molecule has 0 bridgehead atoms. The van der Waals surface area contributed by atoms with Crippen molar-refractivity contribution in [3.63, 3.8) is 0 Å².